The van der Waals surface area contributed by atoms with Crippen LogP contribution in [0.25, 0.3) is 0 Å². The Morgan fingerprint density at radius 3 is 2.57 bits per heavy atom. The van der Waals surface area contributed by atoms with Crippen molar-refractivity contribution in [1.29, 1.82) is 0 Å². The molecule has 0 atom stereocenters. The molecule has 1 saturated heterocycles. The zero-order valence-corrected chi connectivity index (χ0v) is 15.5. The number of hydrogen-bond acceptors (Lipinski definition) is 5. The lowest BCUT2D eigenvalue weighted by atomic mass is 10.1. The lowest BCUT2D eigenvalue weighted by molar-refractivity contribution is -0.385. The van der Waals surface area contributed by atoms with E-state index < -0.39 is 10.8 Å². The highest BCUT2D eigenvalue weighted by molar-refractivity contribution is 5.99. The van der Waals surface area contributed by atoms with Gasteiger partial charge >= 0.3 is 5.69 Å². The van der Waals surface area contributed by atoms with Crippen LogP contribution in [0.3, 0.4) is 0 Å². The number of hydrogen-bond donors (Lipinski definition) is 1. The van der Waals surface area contributed by atoms with Gasteiger partial charge in [0.25, 0.3) is 11.8 Å². The Kier molecular flexibility index (Phi) is 5.88. The molecule has 28 heavy (non-hydrogen) atoms. The minimum absolute atomic E-state index is 0.0253. The fourth-order valence-electron chi connectivity index (χ4n) is 3.15. The lowest BCUT2D eigenvalue weighted by Gasteiger charge is -2.18. The number of nitrogens with one attached hydrogen (secondary N) is 1. The number of para-hydroxylation sites is 2. The average molecular weight is 383 g/mol. The second-order valence-electron chi connectivity index (χ2n) is 6.54. The predicted molar refractivity (Wildman–Crippen MR) is 104 cm³/mol. The largest absolute Gasteiger partial charge is 0.477 e. The summed E-state index contributed by atoms with van der Waals surface area (Å²) in [7, 11) is 0. The van der Waals surface area contributed by atoms with Crippen LogP contribution in [0.5, 0.6) is 5.75 Å². The zero-order chi connectivity index (χ0) is 20.1. The number of nitro groups is 1. The van der Waals surface area contributed by atoms with Gasteiger partial charge in [0.2, 0.25) is 0 Å². The third kappa shape index (κ3) is 4.28. The minimum Gasteiger partial charge on any atom is -0.477 e. The van der Waals surface area contributed by atoms with Crippen molar-refractivity contribution in [3.63, 3.8) is 0 Å². The summed E-state index contributed by atoms with van der Waals surface area (Å²) in [5.41, 5.74) is 1.55. The van der Waals surface area contributed by atoms with Gasteiger partial charge in [-0.15, -0.1) is 0 Å². The molecule has 8 heteroatoms. The molecule has 1 N–H and O–H groups in total. The van der Waals surface area contributed by atoms with Crippen LogP contribution in [0.1, 0.15) is 28.8 Å². The second kappa shape index (κ2) is 8.51. The molecule has 0 aliphatic carbocycles. The maximum atomic E-state index is 12.6. The number of ether oxygens (including phenoxy) is 1. The van der Waals surface area contributed by atoms with Crippen LogP contribution < -0.4 is 10.1 Å². The van der Waals surface area contributed by atoms with Crippen LogP contribution in [0, 0.1) is 17.0 Å². The van der Waals surface area contributed by atoms with Gasteiger partial charge in [-0.05, 0) is 43.5 Å². The highest BCUT2D eigenvalue weighted by Gasteiger charge is 2.22. The van der Waals surface area contributed by atoms with Gasteiger partial charge in [-0.3, -0.25) is 19.7 Å². The van der Waals surface area contributed by atoms with Crippen LogP contribution in [-0.4, -0.2) is 41.3 Å². The quantitative estimate of drug-likeness (QED) is 0.610. The molecule has 146 valence electrons. The summed E-state index contributed by atoms with van der Waals surface area (Å²) in [5, 5.41) is 13.7. The van der Waals surface area contributed by atoms with E-state index in [2.05, 4.69) is 5.32 Å². The van der Waals surface area contributed by atoms with E-state index in [1.165, 1.54) is 18.2 Å². The van der Waals surface area contributed by atoms with Gasteiger partial charge in [-0.1, -0.05) is 18.2 Å². The van der Waals surface area contributed by atoms with Gasteiger partial charge in [0.15, 0.2) is 12.4 Å². The number of carbonyl (C=O) groups is 2. The van der Waals surface area contributed by atoms with Crippen LogP contribution in [-0.2, 0) is 4.79 Å². The predicted octanol–water partition coefficient (Wildman–Crippen LogP) is 3.16. The molecule has 1 heterocycles. The molecule has 1 aliphatic heterocycles. The summed E-state index contributed by atoms with van der Waals surface area (Å²) >= 11 is 0. The Bertz CT molecular complexity index is 906. The smallest absolute Gasteiger partial charge is 0.310 e. The van der Waals surface area contributed by atoms with Crippen molar-refractivity contribution in [2.24, 2.45) is 0 Å². The van der Waals surface area contributed by atoms with Crippen LogP contribution in [0.4, 0.5) is 11.4 Å². The van der Waals surface area contributed by atoms with Gasteiger partial charge in [0.1, 0.15) is 0 Å². The lowest BCUT2D eigenvalue weighted by Crippen LogP contribution is -2.28. The first-order valence-electron chi connectivity index (χ1n) is 9.02. The number of amides is 2. The van der Waals surface area contributed by atoms with Crippen LogP contribution >= 0.6 is 0 Å². The van der Waals surface area contributed by atoms with Crippen molar-refractivity contribution in [2.75, 3.05) is 25.0 Å². The summed E-state index contributed by atoms with van der Waals surface area (Å²) < 4.78 is 5.30. The zero-order valence-electron chi connectivity index (χ0n) is 15.5. The van der Waals surface area contributed by atoms with Gasteiger partial charge in [0, 0.05) is 30.4 Å². The molecule has 0 bridgehead atoms. The minimum atomic E-state index is -0.565. The number of carbonyl (C=O) groups excluding carboxylic acids is 2. The van der Waals surface area contributed by atoms with Crippen molar-refractivity contribution >= 4 is 23.2 Å². The second-order valence-corrected chi connectivity index (χ2v) is 6.54. The SMILES string of the molecule is Cc1c(NC(=O)COc2ccccc2[N+](=O)[O-])cccc1C(=O)N1CCCC1. The Balaban J connectivity index is 1.67. The molecule has 2 aromatic carbocycles. The summed E-state index contributed by atoms with van der Waals surface area (Å²) in [4.78, 5) is 37.1. The van der Waals surface area contributed by atoms with Crippen molar-refractivity contribution in [1.82, 2.24) is 4.90 Å². The molecular weight excluding hydrogens is 362 g/mol. The molecule has 1 fully saturated rings. The molecule has 0 spiro atoms. The number of benzene rings is 2. The summed E-state index contributed by atoms with van der Waals surface area (Å²) in [6.07, 6.45) is 2.01. The maximum absolute atomic E-state index is 12.6. The van der Waals surface area contributed by atoms with E-state index in [1.807, 2.05) is 4.90 Å². The molecule has 2 amide bonds. The first kappa shape index (κ1) is 19.3. The molecule has 1 aliphatic rings. The van der Waals surface area contributed by atoms with Gasteiger partial charge < -0.3 is 15.0 Å². The normalized spacial score (nSPS) is 13.2. The van der Waals surface area contributed by atoms with Gasteiger partial charge in [-0.25, -0.2) is 0 Å². The molecule has 0 unspecified atom stereocenters. The monoisotopic (exact) mass is 383 g/mol. The molecular formula is C20H21N3O5. The van der Waals surface area contributed by atoms with Crippen LogP contribution in [0.2, 0.25) is 0 Å². The maximum Gasteiger partial charge on any atom is 0.310 e. The van der Waals surface area contributed by atoms with Crippen molar-refractivity contribution < 1.29 is 19.2 Å². The van der Waals surface area contributed by atoms with E-state index in [-0.39, 0.29) is 24.0 Å². The van der Waals surface area contributed by atoms with Crippen molar-refractivity contribution in [2.45, 2.75) is 19.8 Å². The topological polar surface area (TPSA) is 102 Å². The van der Waals surface area contributed by atoms with Crippen molar-refractivity contribution in [3.8, 4) is 5.75 Å². The average Bonchev–Trinajstić information content (AvgIpc) is 3.22. The third-order valence-corrected chi connectivity index (χ3v) is 4.65. The van der Waals surface area contributed by atoms with Gasteiger partial charge in [0.05, 0.1) is 4.92 Å². The van der Waals surface area contributed by atoms with E-state index in [1.54, 1.807) is 31.2 Å². The summed E-state index contributed by atoms with van der Waals surface area (Å²) in [6, 6.07) is 11.0. The Morgan fingerprint density at radius 2 is 1.86 bits per heavy atom. The molecule has 8 nitrogen and oxygen atoms in total. The molecule has 3 rings (SSSR count). The first-order valence-corrected chi connectivity index (χ1v) is 9.02. The summed E-state index contributed by atoms with van der Waals surface area (Å²) in [6.45, 7) is 2.90. The standard InChI is InChI=1S/C20H21N3O5/c1-14-15(20(25)22-11-4-5-12-22)7-6-8-16(14)21-19(24)13-28-18-10-3-2-9-17(18)23(26)27/h2-3,6-10H,4-5,11-13H2,1H3,(H,21,24). The fourth-order valence-corrected chi connectivity index (χ4v) is 3.15. The number of rotatable bonds is 6. The molecule has 0 saturated carbocycles. The van der Waals surface area contributed by atoms with Crippen molar-refractivity contribution in [3.05, 3.63) is 63.7 Å². The highest BCUT2D eigenvalue weighted by atomic mass is 16.6. The highest BCUT2D eigenvalue weighted by Crippen LogP contribution is 2.26. The number of anilines is 1. The van der Waals surface area contributed by atoms with Crippen LogP contribution in [0.15, 0.2) is 42.5 Å². The number of nitro benzene ring substituents is 1. The van der Waals surface area contributed by atoms with E-state index in [9.17, 15) is 19.7 Å². The summed E-state index contributed by atoms with van der Waals surface area (Å²) in [5.74, 6) is -0.480. The van der Waals surface area contributed by atoms with E-state index in [4.69, 9.17) is 4.74 Å². The Labute approximate surface area is 162 Å². The first-order chi connectivity index (χ1) is 13.5. The molecule has 0 aromatic heterocycles. The van der Waals surface area contributed by atoms with E-state index in [0.717, 1.165) is 25.9 Å². The Hall–Kier alpha value is -3.42. The number of likely N-dealkylation sites (tertiary alicyclic amines) is 1. The van der Waals surface area contributed by atoms with E-state index in [0.29, 0.717) is 16.8 Å². The number of nitrogens with zero attached hydrogens (tertiary/aromatic N) is 2. The third-order valence-electron chi connectivity index (χ3n) is 4.65. The van der Waals surface area contributed by atoms with Gasteiger partial charge in [-0.2, -0.15) is 0 Å². The molecule has 0 radical (unpaired) electrons. The Morgan fingerprint density at radius 1 is 1.14 bits per heavy atom. The molecule has 2 aromatic rings. The fraction of sp³-hybridized carbons (Fsp3) is 0.300. The van der Waals surface area contributed by atoms with E-state index >= 15 is 0 Å².